The number of benzene rings is 2. The van der Waals surface area contributed by atoms with Gasteiger partial charge in [-0.1, -0.05) is 66.7 Å². The Hall–Kier alpha value is -2.68. The predicted molar refractivity (Wildman–Crippen MR) is 81.9 cm³/mol. The molecule has 0 aliphatic rings. The summed E-state index contributed by atoms with van der Waals surface area (Å²) in [5, 5.41) is 4.57. The highest BCUT2D eigenvalue weighted by Crippen LogP contribution is 2.22. The Bertz CT molecular complexity index is 713. The molecule has 0 saturated carbocycles. The molecule has 0 radical (unpaired) electrons. The van der Waals surface area contributed by atoms with Crippen molar-refractivity contribution in [2.45, 2.75) is 6.92 Å². The maximum absolute atomic E-state index is 4.67. The number of nitrogens with zero attached hydrogens (tertiary/aromatic N) is 3. The van der Waals surface area contributed by atoms with Crippen LogP contribution in [0.5, 0.6) is 0 Å². The third kappa shape index (κ3) is 2.38. The van der Waals surface area contributed by atoms with Crippen molar-refractivity contribution in [1.29, 1.82) is 0 Å². The van der Waals surface area contributed by atoms with Crippen molar-refractivity contribution in [2.24, 2.45) is 0 Å². The maximum Gasteiger partial charge on any atom is 0.182 e. The van der Waals surface area contributed by atoms with E-state index in [2.05, 4.69) is 10.1 Å². The minimum Gasteiger partial charge on any atom is -0.220 e. The summed E-state index contributed by atoms with van der Waals surface area (Å²) in [6.45, 7) is 1.97. The zero-order valence-electron chi connectivity index (χ0n) is 11.3. The van der Waals surface area contributed by atoms with E-state index < -0.39 is 0 Å². The van der Waals surface area contributed by atoms with Crippen molar-refractivity contribution in [3.8, 4) is 22.8 Å². The number of aromatic nitrogens is 3. The van der Waals surface area contributed by atoms with Crippen LogP contribution in [0.3, 0.4) is 0 Å². The van der Waals surface area contributed by atoms with Crippen LogP contribution in [0.1, 0.15) is 6.92 Å². The van der Waals surface area contributed by atoms with Gasteiger partial charge in [0.1, 0.15) is 0 Å². The third-order valence-corrected chi connectivity index (χ3v) is 2.99. The van der Waals surface area contributed by atoms with Crippen LogP contribution in [0.25, 0.3) is 29.0 Å². The maximum atomic E-state index is 4.67. The van der Waals surface area contributed by atoms with Crippen molar-refractivity contribution in [3.63, 3.8) is 0 Å². The van der Waals surface area contributed by atoms with Gasteiger partial charge in [-0.2, -0.15) is 0 Å². The van der Waals surface area contributed by atoms with Gasteiger partial charge in [-0.25, -0.2) is 9.67 Å². The molecule has 0 aliphatic carbocycles. The van der Waals surface area contributed by atoms with Crippen LogP contribution in [-0.4, -0.2) is 14.8 Å². The number of hydrogen-bond donors (Lipinski definition) is 0. The Morgan fingerprint density at radius 3 is 2.05 bits per heavy atom. The minimum absolute atomic E-state index is 0.738. The summed E-state index contributed by atoms with van der Waals surface area (Å²) in [5.41, 5.74) is 2.08. The highest BCUT2D eigenvalue weighted by molar-refractivity contribution is 5.63. The summed E-state index contributed by atoms with van der Waals surface area (Å²) in [7, 11) is 0. The first kappa shape index (κ1) is 12.4. The van der Waals surface area contributed by atoms with Gasteiger partial charge in [-0.05, 0) is 6.92 Å². The fraction of sp³-hybridized carbons (Fsp3) is 0.0588. The lowest BCUT2D eigenvalue weighted by atomic mass is 10.2. The van der Waals surface area contributed by atoms with E-state index in [0.29, 0.717) is 0 Å². The van der Waals surface area contributed by atoms with Crippen molar-refractivity contribution in [1.82, 2.24) is 14.8 Å². The SMILES string of the molecule is C/C=C/n1nc(-c2ccccc2)nc1-c1ccccc1. The largest absolute Gasteiger partial charge is 0.220 e. The van der Waals surface area contributed by atoms with E-state index in [1.807, 2.05) is 84.5 Å². The van der Waals surface area contributed by atoms with E-state index in [-0.39, 0.29) is 0 Å². The molecule has 3 rings (SSSR count). The van der Waals surface area contributed by atoms with Gasteiger partial charge in [0, 0.05) is 17.3 Å². The molecule has 0 N–H and O–H groups in total. The van der Waals surface area contributed by atoms with Gasteiger partial charge in [0.15, 0.2) is 11.6 Å². The molecule has 3 nitrogen and oxygen atoms in total. The van der Waals surface area contributed by atoms with Crippen molar-refractivity contribution >= 4 is 6.20 Å². The van der Waals surface area contributed by atoms with Crippen LogP contribution in [0.15, 0.2) is 66.7 Å². The summed E-state index contributed by atoms with van der Waals surface area (Å²) < 4.78 is 1.82. The average molecular weight is 261 g/mol. The molecule has 0 fully saturated rings. The normalized spacial score (nSPS) is 11.1. The van der Waals surface area contributed by atoms with E-state index >= 15 is 0 Å². The molecule has 2 aromatic carbocycles. The Kier molecular flexibility index (Phi) is 3.42. The van der Waals surface area contributed by atoms with Gasteiger partial charge >= 0.3 is 0 Å². The molecular weight excluding hydrogens is 246 g/mol. The monoisotopic (exact) mass is 261 g/mol. The van der Waals surface area contributed by atoms with E-state index in [1.165, 1.54) is 0 Å². The van der Waals surface area contributed by atoms with Crippen LogP contribution in [0.4, 0.5) is 0 Å². The van der Waals surface area contributed by atoms with E-state index in [4.69, 9.17) is 0 Å². The standard InChI is InChI=1S/C17H15N3/c1-2-13-20-17(15-11-7-4-8-12-15)18-16(19-20)14-9-5-3-6-10-14/h2-13H,1H3/b13-2+. The highest BCUT2D eigenvalue weighted by Gasteiger charge is 2.11. The predicted octanol–water partition coefficient (Wildman–Crippen LogP) is 4.10. The summed E-state index contributed by atoms with van der Waals surface area (Å²) in [4.78, 5) is 4.67. The topological polar surface area (TPSA) is 30.7 Å². The molecule has 0 spiro atoms. The molecule has 0 unspecified atom stereocenters. The van der Waals surface area contributed by atoms with Gasteiger partial charge in [-0.3, -0.25) is 0 Å². The number of hydrogen-bond acceptors (Lipinski definition) is 2. The van der Waals surface area contributed by atoms with Crippen LogP contribution in [0, 0.1) is 0 Å². The number of allylic oxidation sites excluding steroid dienone is 1. The molecule has 98 valence electrons. The van der Waals surface area contributed by atoms with Crippen LogP contribution < -0.4 is 0 Å². The molecule has 0 atom stereocenters. The minimum atomic E-state index is 0.738. The van der Waals surface area contributed by atoms with Crippen LogP contribution in [-0.2, 0) is 0 Å². The fourth-order valence-corrected chi connectivity index (χ4v) is 2.06. The zero-order valence-corrected chi connectivity index (χ0v) is 11.3. The van der Waals surface area contributed by atoms with E-state index in [1.54, 1.807) is 0 Å². The molecule has 1 heterocycles. The molecule has 1 aromatic heterocycles. The Balaban J connectivity index is 2.13. The van der Waals surface area contributed by atoms with E-state index in [9.17, 15) is 0 Å². The van der Waals surface area contributed by atoms with Gasteiger partial charge in [-0.15, -0.1) is 5.10 Å². The second kappa shape index (κ2) is 5.53. The first-order chi connectivity index (χ1) is 9.88. The molecule has 0 amide bonds. The lowest BCUT2D eigenvalue weighted by Gasteiger charge is -1.99. The van der Waals surface area contributed by atoms with Gasteiger partial charge in [0.05, 0.1) is 0 Å². The number of rotatable bonds is 3. The molecule has 0 saturated heterocycles. The van der Waals surface area contributed by atoms with Gasteiger partial charge in [0.2, 0.25) is 0 Å². The summed E-state index contributed by atoms with van der Waals surface area (Å²) in [6.07, 6.45) is 3.87. The molecule has 20 heavy (non-hydrogen) atoms. The molecule has 0 bridgehead atoms. The molecular formula is C17H15N3. The van der Waals surface area contributed by atoms with Crippen LogP contribution >= 0.6 is 0 Å². The Morgan fingerprint density at radius 2 is 1.45 bits per heavy atom. The quantitative estimate of drug-likeness (QED) is 0.710. The second-order valence-corrected chi connectivity index (χ2v) is 4.42. The third-order valence-electron chi connectivity index (χ3n) is 2.99. The smallest absolute Gasteiger partial charge is 0.182 e. The second-order valence-electron chi connectivity index (χ2n) is 4.42. The Labute approximate surface area is 118 Å². The van der Waals surface area contributed by atoms with Gasteiger partial charge < -0.3 is 0 Å². The van der Waals surface area contributed by atoms with Crippen molar-refractivity contribution < 1.29 is 0 Å². The highest BCUT2D eigenvalue weighted by atomic mass is 15.3. The lowest BCUT2D eigenvalue weighted by Crippen LogP contribution is -1.92. The summed E-state index contributed by atoms with van der Waals surface area (Å²) in [5.74, 6) is 1.59. The molecule has 3 heteroatoms. The lowest BCUT2D eigenvalue weighted by molar-refractivity contribution is 0.944. The first-order valence-electron chi connectivity index (χ1n) is 6.58. The Morgan fingerprint density at radius 1 is 0.850 bits per heavy atom. The average Bonchev–Trinajstić information content (AvgIpc) is 2.94. The zero-order chi connectivity index (χ0) is 13.8. The van der Waals surface area contributed by atoms with E-state index in [0.717, 1.165) is 22.8 Å². The molecule has 0 aliphatic heterocycles. The summed E-state index contributed by atoms with van der Waals surface area (Å²) in [6, 6.07) is 20.1. The fourth-order valence-electron chi connectivity index (χ4n) is 2.06. The van der Waals surface area contributed by atoms with Crippen molar-refractivity contribution in [2.75, 3.05) is 0 Å². The summed E-state index contributed by atoms with van der Waals surface area (Å²) >= 11 is 0. The first-order valence-corrected chi connectivity index (χ1v) is 6.58. The molecule has 3 aromatic rings. The van der Waals surface area contributed by atoms with Crippen molar-refractivity contribution in [3.05, 3.63) is 66.7 Å². The van der Waals surface area contributed by atoms with Crippen LogP contribution in [0.2, 0.25) is 0 Å². The van der Waals surface area contributed by atoms with Gasteiger partial charge in [0.25, 0.3) is 0 Å².